The van der Waals surface area contributed by atoms with Crippen molar-refractivity contribution in [3.63, 3.8) is 0 Å². The van der Waals surface area contributed by atoms with Crippen LogP contribution in [-0.4, -0.2) is 65.0 Å². The van der Waals surface area contributed by atoms with Crippen molar-refractivity contribution in [1.29, 1.82) is 0 Å². The minimum Gasteiger partial charge on any atom is -0.483 e. The van der Waals surface area contributed by atoms with Gasteiger partial charge in [-0.2, -0.15) is 27.9 Å². The van der Waals surface area contributed by atoms with Crippen LogP contribution < -0.4 is 15.2 Å². The summed E-state index contributed by atoms with van der Waals surface area (Å²) in [6.07, 6.45) is 4.88. The van der Waals surface area contributed by atoms with Crippen LogP contribution in [0.5, 0.6) is 5.75 Å². The molecule has 0 unspecified atom stereocenters. The van der Waals surface area contributed by atoms with Gasteiger partial charge in [0.15, 0.2) is 0 Å². The summed E-state index contributed by atoms with van der Waals surface area (Å²) in [6.45, 7) is 4.54. The van der Waals surface area contributed by atoms with Gasteiger partial charge >= 0.3 is 5.56 Å². The second-order valence-corrected chi connectivity index (χ2v) is 11.0. The van der Waals surface area contributed by atoms with Crippen LogP contribution in [0, 0.1) is 11.9 Å². The number of hydrogen-bond acceptors (Lipinski definition) is 7. The molecule has 180 valence electrons. The summed E-state index contributed by atoms with van der Waals surface area (Å²) in [5, 5.41) is 3.61. The van der Waals surface area contributed by atoms with E-state index in [0.717, 1.165) is 42.5 Å². The van der Waals surface area contributed by atoms with Crippen LogP contribution in [0.15, 0.2) is 23.1 Å². The number of halogens is 2. The Morgan fingerprint density at radius 1 is 1.06 bits per heavy atom. The first-order chi connectivity index (χ1) is 15.7. The number of nitrogens with zero attached hydrogens (tertiary/aromatic N) is 5. The van der Waals surface area contributed by atoms with Gasteiger partial charge in [-0.3, -0.25) is 4.79 Å². The van der Waals surface area contributed by atoms with E-state index in [1.165, 1.54) is 10.5 Å². The summed E-state index contributed by atoms with van der Waals surface area (Å²) < 4.78 is 60.7. The molecular formula is C21H27F2N5O4S. The number of anilines is 1. The van der Waals surface area contributed by atoms with E-state index >= 15 is 0 Å². The monoisotopic (exact) mass is 483 g/mol. The van der Waals surface area contributed by atoms with Crippen molar-refractivity contribution in [2.24, 2.45) is 0 Å². The van der Waals surface area contributed by atoms with Crippen molar-refractivity contribution in [3.05, 3.63) is 40.6 Å². The molecule has 0 aromatic carbocycles. The van der Waals surface area contributed by atoms with Gasteiger partial charge in [-0.25, -0.2) is 8.42 Å². The lowest BCUT2D eigenvalue weighted by molar-refractivity contribution is 0.205. The Morgan fingerprint density at radius 3 is 2.24 bits per heavy atom. The Morgan fingerprint density at radius 2 is 1.67 bits per heavy atom. The van der Waals surface area contributed by atoms with E-state index in [4.69, 9.17) is 4.74 Å². The Bertz CT molecular complexity index is 1150. The molecule has 2 aromatic heterocycles. The van der Waals surface area contributed by atoms with Gasteiger partial charge in [0.1, 0.15) is 5.69 Å². The van der Waals surface area contributed by atoms with E-state index in [1.807, 2.05) is 4.90 Å². The van der Waals surface area contributed by atoms with Gasteiger partial charge in [0, 0.05) is 38.3 Å². The van der Waals surface area contributed by atoms with Crippen LogP contribution in [0.25, 0.3) is 5.69 Å². The molecule has 2 fully saturated rings. The van der Waals surface area contributed by atoms with Crippen LogP contribution in [0.3, 0.4) is 0 Å². The molecule has 0 spiro atoms. The maximum absolute atomic E-state index is 13.6. The number of ether oxygens (including phenoxy) is 1. The number of pyridine rings is 1. The normalized spacial score (nSPS) is 18.3. The van der Waals surface area contributed by atoms with E-state index < -0.39 is 32.7 Å². The van der Waals surface area contributed by atoms with Gasteiger partial charge in [-0.1, -0.05) is 0 Å². The van der Waals surface area contributed by atoms with Crippen LogP contribution in [0.1, 0.15) is 39.5 Å². The molecule has 1 saturated carbocycles. The highest BCUT2D eigenvalue weighted by molar-refractivity contribution is 7.89. The topological polar surface area (TPSA) is 97.6 Å². The third-order valence-electron chi connectivity index (χ3n) is 6.03. The molecule has 12 heteroatoms. The van der Waals surface area contributed by atoms with Crippen molar-refractivity contribution in [2.45, 2.75) is 50.9 Å². The van der Waals surface area contributed by atoms with Crippen molar-refractivity contribution in [2.75, 3.05) is 31.1 Å². The average molecular weight is 484 g/mol. The summed E-state index contributed by atoms with van der Waals surface area (Å²) in [4.78, 5) is 18.3. The van der Waals surface area contributed by atoms with Crippen LogP contribution >= 0.6 is 0 Å². The lowest BCUT2D eigenvalue weighted by atomic mass is 10.2. The zero-order valence-electron chi connectivity index (χ0n) is 18.6. The maximum Gasteiger partial charge on any atom is 0.316 e. The molecule has 33 heavy (non-hydrogen) atoms. The molecule has 2 aromatic rings. The molecule has 0 N–H and O–H groups in total. The molecule has 1 aliphatic carbocycles. The van der Waals surface area contributed by atoms with Crippen molar-refractivity contribution >= 4 is 15.7 Å². The van der Waals surface area contributed by atoms with E-state index in [9.17, 15) is 22.0 Å². The van der Waals surface area contributed by atoms with Crippen LogP contribution in [-0.2, 0) is 10.0 Å². The van der Waals surface area contributed by atoms with Crippen molar-refractivity contribution in [1.82, 2.24) is 19.1 Å². The summed E-state index contributed by atoms with van der Waals surface area (Å²) >= 11 is 0. The lowest BCUT2D eigenvalue weighted by Gasteiger charge is -2.36. The Labute approximate surface area is 191 Å². The molecule has 0 bridgehead atoms. The van der Waals surface area contributed by atoms with Crippen LogP contribution in [0.2, 0.25) is 0 Å². The van der Waals surface area contributed by atoms with Gasteiger partial charge in [-0.15, -0.1) is 0 Å². The van der Waals surface area contributed by atoms with E-state index in [2.05, 4.69) is 10.1 Å². The number of rotatable bonds is 6. The minimum atomic E-state index is -3.38. The summed E-state index contributed by atoms with van der Waals surface area (Å²) in [7, 11) is -3.38. The molecule has 3 heterocycles. The second kappa shape index (κ2) is 9.34. The molecule has 1 saturated heterocycles. The van der Waals surface area contributed by atoms with Gasteiger partial charge in [0.25, 0.3) is 0 Å². The highest BCUT2D eigenvalue weighted by Crippen LogP contribution is 2.30. The zero-order chi connectivity index (χ0) is 23.8. The fourth-order valence-corrected chi connectivity index (χ4v) is 5.45. The highest BCUT2D eigenvalue weighted by Gasteiger charge is 2.32. The Kier molecular flexibility index (Phi) is 6.66. The number of sulfonamides is 1. The summed E-state index contributed by atoms with van der Waals surface area (Å²) in [6, 6.07) is 1.85. The molecule has 1 aliphatic heterocycles. The standard InChI is InChI=1S/C21H27F2N5O4S/c1-14(2)33(30,31)27-9-7-26(8-10-27)17-13-24-28(15-11-18(22)25-19(23)12-15)21(29)20(17)32-16-5-3-4-6-16/h11-14,16H,3-10H2,1-2H3. The first-order valence-corrected chi connectivity index (χ1v) is 12.5. The molecule has 2 aliphatic rings. The Hall–Kier alpha value is -2.60. The number of hydrogen-bond donors (Lipinski definition) is 0. The summed E-state index contributed by atoms with van der Waals surface area (Å²) in [5.41, 5.74) is -0.290. The van der Waals surface area contributed by atoms with Gasteiger partial charge in [-0.05, 0) is 39.5 Å². The predicted octanol–water partition coefficient (Wildman–Crippen LogP) is 2.09. The Balaban J connectivity index is 1.68. The molecule has 0 atom stereocenters. The third-order valence-corrected chi connectivity index (χ3v) is 8.30. The summed E-state index contributed by atoms with van der Waals surface area (Å²) in [5.74, 6) is -2.08. The zero-order valence-corrected chi connectivity index (χ0v) is 19.4. The fourth-order valence-electron chi connectivity index (χ4n) is 4.18. The fraction of sp³-hybridized carbons (Fsp3) is 0.571. The molecule has 4 rings (SSSR count). The third kappa shape index (κ3) is 4.86. The number of piperazine rings is 1. The maximum atomic E-state index is 13.6. The van der Waals surface area contributed by atoms with Gasteiger partial charge in [0.2, 0.25) is 27.7 Å². The SMILES string of the molecule is CC(C)S(=O)(=O)N1CCN(c2cnn(-c3cc(F)nc(F)c3)c(=O)c2OC2CCCC2)CC1. The molecule has 0 radical (unpaired) electrons. The first-order valence-electron chi connectivity index (χ1n) is 11.0. The van der Waals surface area contributed by atoms with Crippen LogP contribution in [0.4, 0.5) is 14.5 Å². The van der Waals surface area contributed by atoms with Gasteiger partial charge < -0.3 is 9.64 Å². The minimum absolute atomic E-state index is 0.0506. The largest absolute Gasteiger partial charge is 0.483 e. The smallest absolute Gasteiger partial charge is 0.316 e. The molecule has 9 nitrogen and oxygen atoms in total. The van der Waals surface area contributed by atoms with E-state index in [-0.39, 0.29) is 30.6 Å². The predicted molar refractivity (Wildman–Crippen MR) is 118 cm³/mol. The van der Waals surface area contributed by atoms with Crippen molar-refractivity contribution in [3.8, 4) is 11.4 Å². The lowest BCUT2D eigenvalue weighted by Crippen LogP contribution is -2.50. The quantitative estimate of drug-likeness (QED) is 0.581. The highest BCUT2D eigenvalue weighted by atomic mass is 32.2. The second-order valence-electron chi connectivity index (χ2n) is 8.55. The average Bonchev–Trinajstić information content (AvgIpc) is 3.27. The molecule has 0 amide bonds. The number of aromatic nitrogens is 3. The van der Waals surface area contributed by atoms with Gasteiger partial charge in [0.05, 0.1) is 23.2 Å². The van der Waals surface area contributed by atoms with Crippen molar-refractivity contribution < 1.29 is 21.9 Å². The molecular weight excluding hydrogens is 456 g/mol. The van der Waals surface area contributed by atoms with E-state index in [1.54, 1.807) is 13.8 Å². The first kappa shape index (κ1) is 23.6. The van der Waals surface area contributed by atoms with E-state index in [0.29, 0.717) is 18.8 Å².